The van der Waals surface area contributed by atoms with Gasteiger partial charge in [-0.05, 0) is 28.1 Å². The number of halogens is 1. The lowest BCUT2D eigenvalue weighted by Gasteiger charge is -2.11. The van der Waals surface area contributed by atoms with E-state index >= 15 is 0 Å². The van der Waals surface area contributed by atoms with Crippen molar-refractivity contribution in [3.63, 3.8) is 0 Å². The van der Waals surface area contributed by atoms with Crippen LogP contribution in [-0.4, -0.2) is 31.2 Å². The van der Waals surface area contributed by atoms with E-state index in [1.54, 1.807) is 32.3 Å². The molecule has 0 bridgehead atoms. The van der Waals surface area contributed by atoms with Gasteiger partial charge in [0.2, 0.25) is 0 Å². The van der Waals surface area contributed by atoms with Gasteiger partial charge < -0.3 is 4.90 Å². The largest absolute Gasteiger partial charge is 0.345 e. The van der Waals surface area contributed by atoms with E-state index in [1.807, 2.05) is 0 Å². The summed E-state index contributed by atoms with van der Waals surface area (Å²) in [5.74, 6) is -0.124. The molecule has 0 atom stereocenters. The van der Waals surface area contributed by atoms with Crippen molar-refractivity contribution < 1.29 is 9.59 Å². The topological polar surface area (TPSA) is 37.4 Å². The van der Waals surface area contributed by atoms with Crippen LogP contribution in [0.4, 0.5) is 0 Å². The molecule has 3 nitrogen and oxygen atoms in total. The van der Waals surface area contributed by atoms with Gasteiger partial charge in [0.25, 0.3) is 5.91 Å². The molecule has 0 aromatic heterocycles. The average Bonchev–Trinajstić information content (AvgIpc) is 2.17. The van der Waals surface area contributed by atoms with Crippen LogP contribution in [0.15, 0.2) is 22.7 Å². The van der Waals surface area contributed by atoms with Crippen molar-refractivity contribution in [3.05, 3.63) is 33.8 Å². The molecule has 14 heavy (non-hydrogen) atoms. The molecule has 0 aliphatic rings. The first-order chi connectivity index (χ1) is 6.56. The van der Waals surface area contributed by atoms with E-state index in [4.69, 9.17) is 0 Å². The molecular formula is C10H10BrNO2. The van der Waals surface area contributed by atoms with Crippen LogP contribution in [-0.2, 0) is 0 Å². The fourth-order valence-electron chi connectivity index (χ4n) is 1.02. The van der Waals surface area contributed by atoms with Crippen LogP contribution >= 0.6 is 15.9 Å². The van der Waals surface area contributed by atoms with Crippen molar-refractivity contribution >= 4 is 28.1 Å². The van der Waals surface area contributed by atoms with Crippen LogP contribution < -0.4 is 0 Å². The van der Waals surface area contributed by atoms with E-state index in [2.05, 4.69) is 15.9 Å². The third-order valence-corrected chi connectivity index (χ3v) is 2.45. The van der Waals surface area contributed by atoms with Gasteiger partial charge in [-0.3, -0.25) is 9.59 Å². The maximum absolute atomic E-state index is 11.6. The van der Waals surface area contributed by atoms with Gasteiger partial charge in [0.05, 0.1) is 5.56 Å². The van der Waals surface area contributed by atoms with Gasteiger partial charge in [-0.25, -0.2) is 0 Å². The minimum Gasteiger partial charge on any atom is -0.345 e. The average molecular weight is 256 g/mol. The summed E-state index contributed by atoms with van der Waals surface area (Å²) in [6, 6.07) is 4.92. The van der Waals surface area contributed by atoms with Gasteiger partial charge in [0, 0.05) is 24.1 Å². The minimum absolute atomic E-state index is 0.124. The first kappa shape index (κ1) is 10.9. The number of amides is 1. The molecule has 0 aliphatic heterocycles. The van der Waals surface area contributed by atoms with Gasteiger partial charge in [-0.15, -0.1) is 0 Å². The Kier molecular flexibility index (Phi) is 3.41. The van der Waals surface area contributed by atoms with Gasteiger partial charge in [-0.2, -0.15) is 0 Å². The van der Waals surface area contributed by atoms with Crippen molar-refractivity contribution in [2.45, 2.75) is 0 Å². The van der Waals surface area contributed by atoms with Crippen LogP contribution in [0, 0.1) is 0 Å². The predicted molar refractivity (Wildman–Crippen MR) is 57.5 cm³/mol. The Morgan fingerprint density at radius 3 is 2.57 bits per heavy atom. The normalized spacial score (nSPS) is 9.64. The number of hydrogen-bond acceptors (Lipinski definition) is 2. The van der Waals surface area contributed by atoms with Crippen LogP contribution in [0.5, 0.6) is 0 Å². The molecule has 1 aromatic carbocycles. The summed E-state index contributed by atoms with van der Waals surface area (Å²) in [6.07, 6.45) is 0.721. The van der Waals surface area contributed by atoms with Gasteiger partial charge in [-0.1, -0.05) is 6.07 Å². The summed E-state index contributed by atoms with van der Waals surface area (Å²) in [5, 5.41) is 0. The van der Waals surface area contributed by atoms with E-state index in [0.29, 0.717) is 15.6 Å². The number of hydrogen-bond donors (Lipinski definition) is 0. The summed E-state index contributed by atoms with van der Waals surface area (Å²) < 4.78 is 0.696. The highest BCUT2D eigenvalue weighted by Gasteiger charge is 2.12. The molecule has 0 heterocycles. The maximum atomic E-state index is 11.6. The lowest BCUT2D eigenvalue weighted by molar-refractivity contribution is 0.0826. The second kappa shape index (κ2) is 4.37. The molecule has 1 rings (SSSR count). The van der Waals surface area contributed by atoms with Gasteiger partial charge in [0.15, 0.2) is 0 Å². The Bertz CT molecular complexity index is 374. The summed E-state index contributed by atoms with van der Waals surface area (Å²) in [6.45, 7) is 0. The first-order valence-corrected chi connectivity index (χ1v) is 4.82. The molecule has 0 aliphatic carbocycles. The molecule has 1 aromatic rings. The lowest BCUT2D eigenvalue weighted by Crippen LogP contribution is -2.22. The molecule has 0 saturated heterocycles. The Labute approximate surface area is 90.8 Å². The predicted octanol–water partition coefficient (Wildman–Crippen LogP) is 1.96. The van der Waals surface area contributed by atoms with E-state index in [0.717, 1.165) is 6.29 Å². The summed E-state index contributed by atoms with van der Waals surface area (Å²) >= 11 is 3.27. The number of nitrogens with zero attached hydrogens (tertiary/aromatic N) is 1. The van der Waals surface area contributed by atoms with E-state index in [9.17, 15) is 9.59 Å². The summed E-state index contributed by atoms with van der Waals surface area (Å²) in [4.78, 5) is 23.6. The first-order valence-electron chi connectivity index (χ1n) is 4.02. The second-order valence-electron chi connectivity index (χ2n) is 3.06. The van der Waals surface area contributed by atoms with Gasteiger partial charge in [0.1, 0.15) is 6.29 Å². The second-order valence-corrected chi connectivity index (χ2v) is 3.91. The highest BCUT2D eigenvalue weighted by atomic mass is 79.9. The Hall–Kier alpha value is -1.16. The Balaban J connectivity index is 3.18. The quantitative estimate of drug-likeness (QED) is 0.758. The molecule has 1 amide bonds. The fourth-order valence-corrected chi connectivity index (χ4v) is 1.44. The molecule has 0 N–H and O–H groups in total. The van der Waals surface area contributed by atoms with Crippen molar-refractivity contribution in [2.24, 2.45) is 0 Å². The van der Waals surface area contributed by atoms with Crippen molar-refractivity contribution in [3.8, 4) is 0 Å². The van der Waals surface area contributed by atoms with Crippen LogP contribution in [0.2, 0.25) is 0 Å². The zero-order valence-electron chi connectivity index (χ0n) is 7.95. The molecule has 0 spiro atoms. The Morgan fingerprint density at radius 2 is 2.07 bits per heavy atom. The molecule has 0 saturated carbocycles. The minimum atomic E-state index is -0.124. The lowest BCUT2D eigenvalue weighted by atomic mass is 10.1. The number of rotatable bonds is 2. The summed E-state index contributed by atoms with van der Waals surface area (Å²) in [5.41, 5.74) is 0.998. The van der Waals surface area contributed by atoms with E-state index in [-0.39, 0.29) is 5.91 Å². The van der Waals surface area contributed by atoms with Gasteiger partial charge >= 0.3 is 0 Å². The maximum Gasteiger partial charge on any atom is 0.254 e. The van der Waals surface area contributed by atoms with Crippen LogP contribution in [0.1, 0.15) is 20.7 Å². The molecule has 0 fully saturated rings. The smallest absolute Gasteiger partial charge is 0.254 e. The highest BCUT2D eigenvalue weighted by molar-refractivity contribution is 9.10. The Morgan fingerprint density at radius 1 is 1.43 bits per heavy atom. The monoisotopic (exact) mass is 255 g/mol. The third kappa shape index (κ3) is 2.20. The molecule has 0 radical (unpaired) electrons. The third-order valence-electron chi connectivity index (χ3n) is 1.76. The zero-order chi connectivity index (χ0) is 10.7. The van der Waals surface area contributed by atoms with Crippen molar-refractivity contribution in [1.82, 2.24) is 4.90 Å². The number of carbonyl (C=O) groups excluding carboxylic acids is 2. The van der Waals surface area contributed by atoms with E-state index < -0.39 is 0 Å². The van der Waals surface area contributed by atoms with Crippen molar-refractivity contribution in [1.29, 1.82) is 0 Å². The number of benzene rings is 1. The summed E-state index contributed by atoms with van der Waals surface area (Å²) in [7, 11) is 3.34. The SMILES string of the molecule is CN(C)C(=O)c1cc(C=O)ccc1Br. The molecular weight excluding hydrogens is 246 g/mol. The fraction of sp³-hybridized carbons (Fsp3) is 0.200. The molecule has 4 heteroatoms. The highest BCUT2D eigenvalue weighted by Crippen LogP contribution is 2.18. The van der Waals surface area contributed by atoms with Crippen LogP contribution in [0.3, 0.4) is 0 Å². The zero-order valence-corrected chi connectivity index (χ0v) is 9.54. The molecule has 74 valence electrons. The van der Waals surface area contributed by atoms with E-state index in [1.165, 1.54) is 4.90 Å². The number of aldehydes is 1. The van der Waals surface area contributed by atoms with Crippen molar-refractivity contribution in [2.75, 3.05) is 14.1 Å². The number of carbonyl (C=O) groups is 2. The standard InChI is InChI=1S/C10H10BrNO2/c1-12(2)10(14)8-5-7(6-13)3-4-9(8)11/h3-6H,1-2H3. The molecule has 0 unspecified atom stereocenters. The van der Waals surface area contributed by atoms with Crippen LogP contribution in [0.25, 0.3) is 0 Å².